The van der Waals surface area contributed by atoms with Crippen molar-refractivity contribution in [2.75, 3.05) is 7.05 Å². The van der Waals surface area contributed by atoms with E-state index in [-0.39, 0.29) is 11.2 Å². The Kier molecular flexibility index (Phi) is 4.71. The van der Waals surface area contributed by atoms with Gasteiger partial charge in [0.1, 0.15) is 11.4 Å². The first-order valence-electron chi connectivity index (χ1n) is 7.80. The molecule has 0 radical (unpaired) electrons. The number of likely N-dealkylation sites (N-methyl/N-ethyl adjacent to an activating group) is 1. The van der Waals surface area contributed by atoms with Crippen molar-refractivity contribution in [2.45, 2.75) is 24.9 Å². The SMILES string of the molecule is CN1C(N)=NC(C)(c2cccc(-c3ccnc(Cl)c3Cl)c2)CC1C=O. The van der Waals surface area contributed by atoms with Crippen molar-refractivity contribution in [3.8, 4) is 11.1 Å². The first kappa shape index (κ1) is 17.7. The lowest BCUT2D eigenvalue weighted by Crippen LogP contribution is -2.50. The van der Waals surface area contributed by atoms with Crippen molar-refractivity contribution in [1.82, 2.24) is 9.88 Å². The minimum absolute atomic E-state index is 0.262. The van der Waals surface area contributed by atoms with Crippen LogP contribution >= 0.6 is 23.2 Å². The lowest BCUT2D eigenvalue weighted by molar-refractivity contribution is -0.111. The second-order valence-electron chi connectivity index (χ2n) is 6.31. The number of rotatable bonds is 3. The van der Waals surface area contributed by atoms with Crippen LogP contribution in [-0.2, 0) is 10.3 Å². The number of hydrogen-bond donors (Lipinski definition) is 1. The zero-order valence-electron chi connectivity index (χ0n) is 13.9. The summed E-state index contributed by atoms with van der Waals surface area (Å²) in [5.41, 5.74) is 8.08. The Labute approximate surface area is 156 Å². The Morgan fingerprint density at radius 3 is 2.84 bits per heavy atom. The Morgan fingerprint density at radius 1 is 1.36 bits per heavy atom. The number of benzene rings is 1. The average molecular weight is 377 g/mol. The van der Waals surface area contributed by atoms with Gasteiger partial charge in [0.25, 0.3) is 0 Å². The summed E-state index contributed by atoms with van der Waals surface area (Å²) < 4.78 is 0. The molecule has 0 aliphatic carbocycles. The number of nitrogens with zero attached hydrogens (tertiary/aromatic N) is 3. The van der Waals surface area contributed by atoms with Crippen LogP contribution in [0, 0.1) is 0 Å². The maximum Gasteiger partial charge on any atom is 0.192 e. The molecule has 2 unspecified atom stereocenters. The highest BCUT2D eigenvalue weighted by molar-refractivity contribution is 6.42. The number of carbonyl (C=O) groups is 1. The highest BCUT2D eigenvalue weighted by Gasteiger charge is 2.36. The van der Waals surface area contributed by atoms with E-state index in [1.54, 1.807) is 18.1 Å². The van der Waals surface area contributed by atoms with Gasteiger partial charge in [0.15, 0.2) is 5.96 Å². The molecule has 1 aromatic carbocycles. The van der Waals surface area contributed by atoms with Crippen LogP contribution in [0.1, 0.15) is 18.9 Å². The number of carbonyl (C=O) groups excluding carboxylic acids is 1. The quantitative estimate of drug-likeness (QED) is 0.657. The fourth-order valence-corrected chi connectivity index (χ4v) is 3.46. The molecule has 3 rings (SSSR count). The van der Waals surface area contributed by atoms with Gasteiger partial charge in [-0.1, -0.05) is 41.4 Å². The molecule has 0 saturated carbocycles. The molecular weight excluding hydrogens is 359 g/mol. The largest absolute Gasteiger partial charge is 0.370 e. The molecule has 7 heteroatoms. The smallest absolute Gasteiger partial charge is 0.192 e. The normalized spacial score (nSPS) is 23.3. The van der Waals surface area contributed by atoms with Crippen molar-refractivity contribution in [3.05, 3.63) is 52.3 Å². The fourth-order valence-electron chi connectivity index (χ4n) is 3.08. The van der Waals surface area contributed by atoms with Crippen LogP contribution in [0.3, 0.4) is 0 Å². The highest BCUT2D eigenvalue weighted by Crippen LogP contribution is 2.38. The van der Waals surface area contributed by atoms with Gasteiger partial charge >= 0.3 is 0 Å². The Balaban J connectivity index is 2.07. The predicted octanol–water partition coefficient (Wildman–Crippen LogP) is 3.49. The maximum atomic E-state index is 11.4. The lowest BCUT2D eigenvalue weighted by atomic mass is 9.83. The maximum absolute atomic E-state index is 11.4. The van der Waals surface area contributed by atoms with E-state index in [0.717, 1.165) is 23.0 Å². The molecule has 0 amide bonds. The summed E-state index contributed by atoms with van der Waals surface area (Å²) in [6.07, 6.45) is 3.07. The monoisotopic (exact) mass is 376 g/mol. The molecule has 1 aromatic heterocycles. The van der Waals surface area contributed by atoms with Gasteiger partial charge < -0.3 is 15.4 Å². The molecule has 0 fully saturated rings. The van der Waals surface area contributed by atoms with Crippen molar-refractivity contribution < 1.29 is 4.79 Å². The number of halogens is 2. The summed E-state index contributed by atoms with van der Waals surface area (Å²) in [7, 11) is 1.77. The molecule has 2 aromatic rings. The van der Waals surface area contributed by atoms with Crippen LogP contribution in [0.25, 0.3) is 11.1 Å². The van der Waals surface area contributed by atoms with E-state index in [1.807, 2.05) is 37.3 Å². The number of aromatic nitrogens is 1. The minimum atomic E-state index is -0.596. The van der Waals surface area contributed by atoms with Gasteiger partial charge in [-0.15, -0.1) is 0 Å². The summed E-state index contributed by atoms with van der Waals surface area (Å²) in [4.78, 5) is 21.7. The summed E-state index contributed by atoms with van der Waals surface area (Å²) in [5.74, 6) is 0.348. The number of aliphatic imine (C=N–C) groups is 1. The van der Waals surface area contributed by atoms with Crippen LogP contribution in [0.15, 0.2) is 41.5 Å². The third-order valence-corrected chi connectivity index (χ3v) is 5.39. The van der Waals surface area contributed by atoms with Gasteiger partial charge in [-0.3, -0.25) is 0 Å². The molecular formula is C18H18Cl2N4O. The standard InChI is InChI=1S/C18H18Cl2N4O/c1-18(9-13(10-25)24(2)17(21)23-18)12-5-3-4-11(8-12)14-6-7-22-16(20)15(14)19/h3-8,10,13H,9H2,1-2H3,(H2,21,23). The Bertz CT molecular complexity index is 855. The third-order valence-electron chi connectivity index (χ3n) is 4.63. The molecule has 0 bridgehead atoms. The Hall–Kier alpha value is -2.11. The molecule has 2 N–H and O–H groups in total. The number of guanidine groups is 1. The van der Waals surface area contributed by atoms with Gasteiger partial charge in [-0.2, -0.15) is 0 Å². The van der Waals surface area contributed by atoms with E-state index in [1.165, 1.54) is 0 Å². The molecule has 0 saturated heterocycles. The van der Waals surface area contributed by atoms with Crippen molar-refractivity contribution in [3.63, 3.8) is 0 Å². The zero-order valence-corrected chi connectivity index (χ0v) is 15.4. The summed E-state index contributed by atoms with van der Waals surface area (Å²) in [5, 5.41) is 0.669. The van der Waals surface area contributed by atoms with Crippen LogP contribution in [0.4, 0.5) is 0 Å². The number of aldehydes is 1. The van der Waals surface area contributed by atoms with Crippen molar-refractivity contribution in [1.29, 1.82) is 0 Å². The van der Waals surface area contributed by atoms with E-state index in [4.69, 9.17) is 28.9 Å². The van der Waals surface area contributed by atoms with Crippen LogP contribution in [0.2, 0.25) is 10.2 Å². The fraction of sp³-hybridized carbons (Fsp3) is 0.278. The third kappa shape index (κ3) is 3.22. The number of pyridine rings is 1. The Morgan fingerprint density at radius 2 is 2.12 bits per heavy atom. The van der Waals surface area contributed by atoms with Gasteiger partial charge in [0, 0.05) is 25.2 Å². The van der Waals surface area contributed by atoms with Crippen molar-refractivity contribution >= 4 is 35.4 Å². The lowest BCUT2D eigenvalue weighted by Gasteiger charge is -2.39. The van der Waals surface area contributed by atoms with Crippen LogP contribution in [-0.4, -0.2) is 35.2 Å². The van der Waals surface area contributed by atoms with Crippen molar-refractivity contribution in [2.24, 2.45) is 10.7 Å². The topological polar surface area (TPSA) is 71.6 Å². The first-order valence-corrected chi connectivity index (χ1v) is 8.55. The second kappa shape index (κ2) is 6.65. The van der Waals surface area contributed by atoms with Gasteiger partial charge in [-0.25, -0.2) is 9.98 Å². The van der Waals surface area contributed by atoms with E-state index >= 15 is 0 Å². The summed E-state index contributed by atoms with van der Waals surface area (Å²) >= 11 is 12.3. The average Bonchev–Trinajstić information content (AvgIpc) is 2.60. The van der Waals surface area contributed by atoms with E-state index in [0.29, 0.717) is 17.4 Å². The van der Waals surface area contributed by atoms with Gasteiger partial charge in [0.05, 0.1) is 16.6 Å². The van der Waals surface area contributed by atoms with Crippen LogP contribution < -0.4 is 5.73 Å². The molecule has 0 spiro atoms. The van der Waals surface area contributed by atoms with Gasteiger partial charge in [-0.05, 0) is 30.2 Å². The summed E-state index contributed by atoms with van der Waals surface area (Å²) in [6, 6.07) is 9.36. The number of nitrogens with two attached hydrogens (primary N) is 1. The molecule has 2 atom stereocenters. The minimum Gasteiger partial charge on any atom is -0.370 e. The highest BCUT2D eigenvalue weighted by atomic mass is 35.5. The van der Waals surface area contributed by atoms with Crippen LogP contribution in [0.5, 0.6) is 0 Å². The zero-order chi connectivity index (χ0) is 18.2. The predicted molar refractivity (Wildman–Crippen MR) is 101 cm³/mol. The first-order chi connectivity index (χ1) is 11.9. The van der Waals surface area contributed by atoms with E-state index < -0.39 is 5.54 Å². The molecule has 5 nitrogen and oxygen atoms in total. The molecule has 130 valence electrons. The molecule has 2 heterocycles. The van der Waals surface area contributed by atoms with E-state index in [2.05, 4.69) is 9.98 Å². The molecule has 1 aliphatic heterocycles. The second-order valence-corrected chi connectivity index (χ2v) is 7.04. The van der Waals surface area contributed by atoms with Gasteiger partial charge in [0.2, 0.25) is 0 Å². The summed E-state index contributed by atoms with van der Waals surface area (Å²) in [6.45, 7) is 1.98. The molecule has 25 heavy (non-hydrogen) atoms. The molecule has 1 aliphatic rings. The number of hydrogen-bond acceptors (Lipinski definition) is 5. The van der Waals surface area contributed by atoms with E-state index in [9.17, 15) is 4.79 Å².